The molecule has 0 heterocycles. The highest BCUT2D eigenvalue weighted by Crippen LogP contribution is 2.34. The summed E-state index contributed by atoms with van der Waals surface area (Å²) in [7, 11) is 1.65. The Morgan fingerprint density at radius 3 is 2.17 bits per heavy atom. The van der Waals surface area contributed by atoms with Crippen LogP contribution in [-0.2, 0) is 0 Å². The van der Waals surface area contributed by atoms with Crippen LogP contribution in [0, 0.1) is 11.8 Å². The number of hydrogen-bond acceptors (Lipinski definition) is 2. The van der Waals surface area contributed by atoms with Crippen molar-refractivity contribution in [1.29, 1.82) is 0 Å². The average Bonchev–Trinajstić information content (AvgIpc) is 2.77. The highest BCUT2D eigenvalue weighted by molar-refractivity contribution is 6.09. The number of fused-ring (bicyclic) bond motifs is 1. The minimum atomic E-state index is -0.000988. The molecule has 0 aliphatic heterocycles. The van der Waals surface area contributed by atoms with Crippen molar-refractivity contribution in [1.82, 2.24) is 0 Å². The van der Waals surface area contributed by atoms with Crippen LogP contribution in [-0.4, -0.2) is 12.9 Å². The summed E-state index contributed by atoms with van der Waals surface area (Å²) in [6, 6.07) is 27.7. The molecule has 2 heteroatoms. The van der Waals surface area contributed by atoms with Gasteiger partial charge in [0.15, 0.2) is 5.78 Å². The Hall–Kier alpha value is -3.83. The van der Waals surface area contributed by atoms with E-state index in [1.165, 1.54) is 0 Å². The molecule has 0 atom stereocenters. The smallest absolute Gasteiger partial charge is 0.161 e. The van der Waals surface area contributed by atoms with Gasteiger partial charge in [-0.2, -0.15) is 0 Å². The maximum Gasteiger partial charge on any atom is 0.161 e. The molecule has 0 aliphatic rings. The third kappa shape index (κ3) is 3.77. The molecule has 0 spiro atoms. The molecule has 0 N–H and O–H groups in total. The van der Waals surface area contributed by atoms with Crippen LogP contribution in [0.15, 0.2) is 84.9 Å². The fourth-order valence-corrected chi connectivity index (χ4v) is 3.51. The highest BCUT2D eigenvalue weighted by atomic mass is 16.5. The molecule has 0 aromatic heterocycles. The van der Waals surface area contributed by atoms with Gasteiger partial charge in [0, 0.05) is 16.7 Å². The van der Waals surface area contributed by atoms with Crippen molar-refractivity contribution in [3.05, 3.63) is 102 Å². The van der Waals surface area contributed by atoms with Gasteiger partial charge in [0.05, 0.1) is 7.11 Å². The zero-order valence-electron chi connectivity index (χ0n) is 16.4. The van der Waals surface area contributed by atoms with Gasteiger partial charge in [0.1, 0.15) is 5.75 Å². The summed E-state index contributed by atoms with van der Waals surface area (Å²) in [6.07, 6.45) is 0. The highest BCUT2D eigenvalue weighted by Gasteiger charge is 2.17. The van der Waals surface area contributed by atoms with Crippen LogP contribution in [0.1, 0.15) is 28.4 Å². The van der Waals surface area contributed by atoms with E-state index in [4.69, 9.17) is 4.74 Å². The predicted molar refractivity (Wildman–Crippen MR) is 118 cm³/mol. The van der Waals surface area contributed by atoms with Gasteiger partial charge >= 0.3 is 0 Å². The summed E-state index contributed by atoms with van der Waals surface area (Å²) in [5.74, 6) is 7.28. The van der Waals surface area contributed by atoms with Gasteiger partial charge < -0.3 is 4.74 Å². The molecule has 0 amide bonds. The van der Waals surface area contributed by atoms with Crippen LogP contribution in [0.4, 0.5) is 0 Å². The molecule has 0 bridgehead atoms. The van der Waals surface area contributed by atoms with Crippen molar-refractivity contribution in [2.75, 3.05) is 7.11 Å². The first-order valence-corrected chi connectivity index (χ1v) is 9.45. The van der Waals surface area contributed by atoms with E-state index < -0.39 is 0 Å². The molecule has 0 unspecified atom stereocenters. The summed E-state index contributed by atoms with van der Waals surface area (Å²) in [5, 5.41) is 1.93. The second-order valence-corrected chi connectivity index (χ2v) is 6.80. The van der Waals surface area contributed by atoms with Crippen LogP contribution >= 0.6 is 0 Å². The number of benzene rings is 4. The lowest BCUT2D eigenvalue weighted by molar-refractivity contribution is 0.101. The molecule has 0 aliphatic carbocycles. The molecule has 2 nitrogen and oxygen atoms in total. The van der Waals surface area contributed by atoms with Crippen LogP contribution in [0.3, 0.4) is 0 Å². The first kappa shape index (κ1) is 18.5. The Kier molecular flexibility index (Phi) is 5.14. The predicted octanol–water partition coefficient (Wildman–Crippen LogP) is 6.12. The Morgan fingerprint density at radius 2 is 1.52 bits per heavy atom. The molecular weight excluding hydrogens is 356 g/mol. The molecule has 140 valence electrons. The summed E-state index contributed by atoms with van der Waals surface area (Å²) in [6.45, 7) is 1.60. The summed E-state index contributed by atoms with van der Waals surface area (Å²) in [4.78, 5) is 12.7. The minimum Gasteiger partial charge on any atom is -0.497 e. The average molecular weight is 376 g/mol. The lowest BCUT2D eigenvalue weighted by Crippen LogP contribution is -2.02. The van der Waals surface area contributed by atoms with E-state index in [0.717, 1.165) is 38.8 Å². The van der Waals surface area contributed by atoms with Crippen LogP contribution in [0.2, 0.25) is 0 Å². The van der Waals surface area contributed by atoms with Gasteiger partial charge in [-0.15, -0.1) is 0 Å². The van der Waals surface area contributed by atoms with Crippen molar-refractivity contribution in [2.24, 2.45) is 0 Å². The van der Waals surface area contributed by atoms with E-state index in [-0.39, 0.29) is 5.78 Å². The van der Waals surface area contributed by atoms with Crippen LogP contribution < -0.4 is 4.74 Å². The van der Waals surface area contributed by atoms with Gasteiger partial charge in [-0.05, 0) is 65.2 Å². The Morgan fingerprint density at radius 1 is 0.828 bits per heavy atom. The zero-order chi connectivity index (χ0) is 20.2. The van der Waals surface area contributed by atoms with E-state index in [2.05, 4.69) is 17.9 Å². The lowest BCUT2D eigenvalue weighted by Gasteiger charge is -2.14. The van der Waals surface area contributed by atoms with Gasteiger partial charge in [-0.1, -0.05) is 60.4 Å². The fourth-order valence-electron chi connectivity index (χ4n) is 3.51. The van der Waals surface area contributed by atoms with Crippen molar-refractivity contribution in [3.63, 3.8) is 0 Å². The van der Waals surface area contributed by atoms with Crippen molar-refractivity contribution < 1.29 is 9.53 Å². The molecule has 0 saturated heterocycles. The standard InChI is InChI=1S/C27H20O2/c1-19(28)27-25(15-13-20-9-5-3-6-10-20)24-16-14-23(29-2)17-22(24)18-26(27)21-11-7-4-8-12-21/h3-12,14,16-18H,1-2H3. The number of carbonyl (C=O) groups excluding carboxylic acids is 1. The third-order valence-electron chi connectivity index (χ3n) is 4.89. The topological polar surface area (TPSA) is 26.3 Å². The second kappa shape index (κ2) is 8.04. The van der Waals surface area contributed by atoms with E-state index in [1.807, 2.05) is 78.9 Å². The molecule has 0 saturated carbocycles. The van der Waals surface area contributed by atoms with Gasteiger partial charge in [-0.25, -0.2) is 0 Å². The number of rotatable bonds is 3. The third-order valence-corrected chi connectivity index (χ3v) is 4.89. The number of ketones is 1. The van der Waals surface area contributed by atoms with Gasteiger partial charge in [0.25, 0.3) is 0 Å². The number of methoxy groups -OCH3 is 1. The SMILES string of the molecule is COc1ccc2c(C#Cc3ccccc3)c(C(C)=O)c(-c3ccccc3)cc2c1. The monoisotopic (exact) mass is 376 g/mol. The van der Waals surface area contributed by atoms with Crippen molar-refractivity contribution in [3.8, 4) is 28.7 Å². The summed E-state index contributed by atoms with van der Waals surface area (Å²) >= 11 is 0. The summed E-state index contributed by atoms with van der Waals surface area (Å²) in [5.41, 5.74) is 4.19. The molecule has 29 heavy (non-hydrogen) atoms. The summed E-state index contributed by atoms with van der Waals surface area (Å²) < 4.78 is 5.41. The second-order valence-electron chi connectivity index (χ2n) is 6.80. The molecule has 4 aromatic carbocycles. The Balaban J connectivity index is 2.06. The first-order chi connectivity index (χ1) is 14.2. The maximum absolute atomic E-state index is 12.7. The van der Waals surface area contributed by atoms with Gasteiger partial charge in [0.2, 0.25) is 0 Å². The number of carbonyl (C=O) groups is 1. The Labute approximate surface area is 170 Å². The van der Waals surface area contributed by atoms with Crippen LogP contribution in [0.5, 0.6) is 5.75 Å². The number of hydrogen-bond donors (Lipinski definition) is 0. The van der Waals surface area contributed by atoms with E-state index in [1.54, 1.807) is 14.0 Å². The zero-order valence-corrected chi connectivity index (χ0v) is 16.4. The quantitative estimate of drug-likeness (QED) is 0.318. The number of ether oxygens (including phenoxy) is 1. The molecule has 0 fully saturated rings. The van der Waals surface area contributed by atoms with Gasteiger partial charge in [-0.3, -0.25) is 4.79 Å². The lowest BCUT2D eigenvalue weighted by atomic mass is 9.88. The molecule has 4 aromatic rings. The largest absolute Gasteiger partial charge is 0.497 e. The van der Waals surface area contributed by atoms with Crippen LogP contribution in [0.25, 0.3) is 21.9 Å². The normalized spacial score (nSPS) is 10.3. The molecule has 0 radical (unpaired) electrons. The van der Waals surface area contributed by atoms with E-state index >= 15 is 0 Å². The first-order valence-electron chi connectivity index (χ1n) is 9.45. The van der Waals surface area contributed by atoms with E-state index in [0.29, 0.717) is 5.56 Å². The van der Waals surface area contributed by atoms with Crippen molar-refractivity contribution >= 4 is 16.6 Å². The van der Waals surface area contributed by atoms with Crippen molar-refractivity contribution in [2.45, 2.75) is 6.92 Å². The molecular formula is C27H20O2. The minimum absolute atomic E-state index is 0.000988. The number of Topliss-reactive ketones (excluding diaryl/α,β-unsaturated/α-hetero) is 1. The fraction of sp³-hybridized carbons (Fsp3) is 0.0741. The molecule has 4 rings (SSSR count). The van der Waals surface area contributed by atoms with E-state index in [9.17, 15) is 4.79 Å². The Bertz CT molecular complexity index is 1240. The maximum atomic E-state index is 12.7.